The van der Waals surface area contributed by atoms with E-state index < -0.39 is 0 Å². The molecule has 26 heavy (non-hydrogen) atoms. The molecule has 3 aromatic rings. The third-order valence-corrected chi connectivity index (χ3v) is 4.53. The predicted molar refractivity (Wildman–Crippen MR) is 98.5 cm³/mol. The summed E-state index contributed by atoms with van der Waals surface area (Å²) in [6.45, 7) is 1.95. The number of aromatic nitrogens is 3. The highest BCUT2D eigenvalue weighted by Crippen LogP contribution is 2.20. The van der Waals surface area contributed by atoms with Gasteiger partial charge in [0.25, 0.3) is 5.91 Å². The number of nitrogens with zero attached hydrogens (tertiary/aromatic N) is 4. The van der Waals surface area contributed by atoms with Crippen molar-refractivity contribution < 1.29 is 4.79 Å². The lowest BCUT2D eigenvalue weighted by Crippen LogP contribution is -2.36. The standard InChI is InChI=1S/C20H19N5O/c26-20(25-10-7-16-3-1-2-4-17(16)13-25)18-11-19(24-14-23-18)22-12-15-5-8-21-9-6-15/h1-6,8-9,11,14H,7,10,12-13H2,(H,22,23,24). The summed E-state index contributed by atoms with van der Waals surface area (Å²) < 4.78 is 0. The summed E-state index contributed by atoms with van der Waals surface area (Å²) in [6.07, 6.45) is 5.81. The van der Waals surface area contributed by atoms with E-state index in [4.69, 9.17) is 0 Å². The van der Waals surface area contributed by atoms with E-state index in [1.807, 2.05) is 29.2 Å². The molecule has 2 aromatic heterocycles. The highest BCUT2D eigenvalue weighted by molar-refractivity contribution is 5.93. The summed E-state index contributed by atoms with van der Waals surface area (Å²) in [5.74, 6) is 0.575. The van der Waals surface area contributed by atoms with Crippen LogP contribution < -0.4 is 5.32 Å². The summed E-state index contributed by atoms with van der Waals surface area (Å²) in [4.78, 5) is 27.1. The molecule has 0 spiro atoms. The lowest BCUT2D eigenvalue weighted by atomic mass is 10.00. The van der Waals surface area contributed by atoms with Gasteiger partial charge < -0.3 is 10.2 Å². The molecule has 0 saturated carbocycles. The zero-order valence-corrected chi connectivity index (χ0v) is 14.3. The van der Waals surface area contributed by atoms with Crippen molar-refractivity contribution in [3.8, 4) is 0 Å². The van der Waals surface area contributed by atoms with Crippen LogP contribution in [0.3, 0.4) is 0 Å². The molecule has 1 aromatic carbocycles. The summed E-state index contributed by atoms with van der Waals surface area (Å²) in [5.41, 5.74) is 4.03. The van der Waals surface area contributed by atoms with Gasteiger partial charge in [0.1, 0.15) is 17.8 Å². The van der Waals surface area contributed by atoms with Crippen LogP contribution in [0, 0.1) is 0 Å². The van der Waals surface area contributed by atoms with Gasteiger partial charge in [0, 0.05) is 38.1 Å². The first-order chi connectivity index (χ1) is 12.8. The fraction of sp³-hybridized carbons (Fsp3) is 0.200. The maximum atomic E-state index is 12.8. The third-order valence-electron chi connectivity index (χ3n) is 4.53. The molecule has 0 fully saturated rings. The van der Waals surface area contributed by atoms with Crippen LogP contribution in [0.4, 0.5) is 5.82 Å². The Balaban J connectivity index is 1.45. The fourth-order valence-electron chi connectivity index (χ4n) is 3.10. The van der Waals surface area contributed by atoms with Crippen LogP contribution in [-0.2, 0) is 19.5 Å². The summed E-state index contributed by atoms with van der Waals surface area (Å²) in [7, 11) is 0. The van der Waals surface area contributed by atoms with Gasteiger partial charge in [-0.1, -0.05) is 24.3 Å². The number of benzene rings is 1. The van der Waals surface area contributed by atoms with Crippen LogP contribution in [-0.4, -0.2) is 32.3 Å². The van der Waals surface area contributed by atoms with E-state index in [0.29, 0.717) is 31.1 Å². The minimum Gasteiger partial charge on any atom is -0.366 e. The fourth-order valence-corrected chi connectivity index (χ4v) is 3.10. The zero-order chi connectivity index (χ0) is 17.8. The van der Waals surface area contributed by atoms with Gasteiger partial charge in [0.15, 0.2) is 0 Å². The van der Waals surface area contributed by atoms with Crippen LogP contribution >= 0.6 is 0 Å². The van der Waals surface area contributed by atoms with Crippen molar-refractivity contribution in [3.05, 3.63) is 83.6 Å². The van der Waals surface area contributed by atoms with Crippen LogP contribution in [0.25, 0.3) is 0 Å². The number of fused-ring (bicyclic) bond motifs is 1. The van der Waals surface area contributed by atoms with E-state index in [1.54, 1.807) is 18.5 Å². The number of carbonyl (C=O) groups excluding carboxylic acids is 1. The van der Waals surface area contributed by atoms with Crippen LogP contribution in [0.15, 0.2) is 61.2 Å². The normalized spacial score (nSPS) is 13.2. The molecule has 0 saturated heterocycles. The smallest absolute Gasteiger partial charge is 0.272 e. The quantitative estimate of drug-likeness (QED) is 0.787. The number of carbonyl (C=O) groups is 1. The van der Waals surface area contributed by atoms with Crippen molar-refractivity contribution in [2.24, 2.45) is 0 Å². The molecular formula is C20H19N5O. The predicted octanol–water partition coefficient (Wildman–Crippen LogP) is 2.68. The van der Waals surface area contributed by atoms with Crippen LogP contribution in [0.5, 0.6) is 0 Å². The second-order valence-corrected chi connectivity index (χ2v) is 6.24. The van der Waals surface area contributed by atoms with Gasteiger partial charge in [-0.3, -0.25) is 9.78 Å². The molecule has 0 unspecified atom stereocenters. The lowest BCUT2D eigenvalue weighted by Gasteiger charge is -2.28. The van der Waals surface area contributed by atoms with Gasteiger partial charge in [0.05, 0.1) is 0 Å². The molecule has 1 aliphatic rings. The monoisotopic (exact) mass is 345 g/mol. The van der Waals surface area contributed by atoms with Gasteiger partial charge in [-0.25, -0.2) is 9.97 Å². The summed E-state index contributed by atoms with van der Waals surface area (Å²) >= 11 is 0. The van der Waals surface area contributed by atoms with E-state index in [-0.39, 0.29) is 5.91 Å². The maximum Gasteiger partial charge on any atom is 0.272 e. The first-order valence-electron chi connectivity index (χ1n) is 8.60. The Bertz CT molecular complexity index is 913. The molecular weight excluding hydrogens is 326 g/mol. The van der Waals surface area contributed by atoms with E-state index in [1.165, 1.54) is 17.5 Å². The average Bonchev–Trinajstić information content (AvgIpc) is 2.72. The Labute approximate surface area is 151 Å². The number of pyridine rings is 1. The SMILES string of the molecule is O=C(c1cc(NCc2ccncc2)ncn1)N1CCc2ccccc2C1. The number of nitrogens with one attached hydrogen (secondary N) is 1. The van der Waals surface area contributed by atoms with Crippen molar-refractivity contribution in [3.63, 3.8) is 0 Å². The molecule has 6 nitrogen and oxygen atoms in total. The largest absolute Gasteiger partial charge is 0.366 e. The first kappa shape index (κ1) is 16.2. The molecule has 0 aliphatic carbocycles. The van der Waals surface area contributed by atoms with Crippen molar-refractivity contribution in [1.82, 2.24) is 19.9 Å². The van der Waals surface area contributed by atoms with Crippen molar-refractivity contribution in [2.45, 2.75) is 19.5 Å². The zero-order valence-electron chi connectivity index (χ0n) is 14.3. The Kier molecular flexibility index (Phi) is 4.55. The molecule has 1 amide bonds. The topological polar surface area (TPSA) is 71.0 Å². The second kappa shape index (κ2) is 7.31. The van der Waals surface area contributed by atoms with Gasteiger partial charge in [-0.2, -0.15) is 0 Å². The average molecular weight is 345 g/mol. The van der Waals surface area contributed by atoms with E-state index >= 15 is 0 Å². The van der Waals surface area contributed by atoms with E-state index in [2.05, 4.69) is 32.4 Å². The van der Waals surface area contributed by atoms with Gasteiger partial charge in [0.2, 0.25) is 0 Å². The van der Waals surface area contributed by atoms with Gasteiger partial charge in [-0.05, 0) is 35.2 Å². The highest BCUT2D eigenvalue weighted by Gasteiger charge is 2.22. The van der Waals surface area contributed by atoms with Crippen LogP contribution in [0.2, 0.25) is 0 Å². The lowest BCUT2D eigenvalue weighted by molar-refractivity contribution is 0.0728. The molecule has 3 heterocycles. The Morgan fingerprint density at radius 1 is 1.08 bits per heavy atom. The number of hydrogen-bond acceptors (Lipinski definition) is 5. The van der Waals surface area contributed by atoms with Gasteiger partial charge in [-0.15, -0.1) is 0 Å². The van der Waals surface area contributed by atoms with Crippen molar-refractivity contribution in [2.75, 3.05) is 11.9 Å². The Morgan fingerprint density at radius 2 is 1.88 bits per heavy atom. The number of hydrogen-bond donors (Lipinski definition) is 1. The highest BCUT2D eigenvalue weighted by atomic mass is 16.2. The molecule has 1 aliphatic heterocycles. The van der Waals surface area contributed by atoms with Crippen LogP contribution in [0.1, 0.15) is 27.2 Å². The number of anilines is 1. The molecule has 4 rings (SSSR count). The number of amides is 1. The molecule has 0 atom stereocenters. The van der Waals surface area contributed by atoms with E-state index in [9.17, 15) is 4.79 Å². The minimum absolute atomic E-state index is 0.0612. The number of rotatable bonds is 4. The minimum atomic E-state index is -0.0612. The third kappa shape index (κ3) is 3.54. The van der Waals surface area contributed by atoms with Crippen molar-refractivity contribution in [1.29, 1.82) is 0 Å². The van der Waals surface area contributed by atoms with Crippen molar-refractivity contribution >= 4 is 11.7 Å². The molecule has 0 radical (unpaired) electrons. The van der Waals surface area contributed by atoms with Gasteiger partial charge >= 0.3 is 0 Å². The Hall–Kier alpha value is -3.28. The molecule has 0 bridgehead atoms. The molecule has 130 valence electrons. The summed E-state index contributed by atoms with van der Waals surface area (Å²) in [6, 6.07) is 13.8. The molecule has 6 heteroatoms. The maximum absolute atomic E-state index is 12.8. The van der Waals surface area contributed by atoms with E-state index in [0.717, 1.165) is 12.0 Å². The Morgan fingerprint density at radius 3 is 2.73 bits per heavy atom. The first-order valence-corrected chi connectivity index (χ1v) is 8.60. The summed E-state index contributed by atoms with van der Waals surface area (Å²) in [5, 5.41) is 3.23. The molecule has 1 N–H and O–H groups in total. The second-order valence-electron chi connectivity index (χ2n) is 6.24.